The van der Waals surface area contributed by atoms with Gasteiger partial charge in [0.25, 0.3) is 5.69 Å². The predicted octanol–water partition coefficient (Wildman–Crippen LogP) is 3.42. The summed E-state index contributed by atoms with van der Waals surface area (Å²) in [6.07, 6.45) is 0.892. The van der Waals surface area contributed by atoms with Crippen LogP contribution in [0.25, 0.3) is 0 Å². The summed E-state index contributed by atoms with van der Waals surface area (Å²) < 4.78 is 26.8. The van der Waals surface area contributed by atoms with Crippen molar-refractivity contribution in [1.82, 2.24) is 4.72 Å². The molecule has 0 bridgehead atoms. The van der Waals surface area contributed by atoms with Crippen molar-refractivity contribution in [2.45, 2.75) is 37.5 Å². The van der Waals surface area contributed by atoms with Crippen molar-refractivity contribution in [3.8, 4) is 0 Å². The standard InChI is InChI=1S/C19H23N3O5S/c1-3-14(2)17-6-4-5-7-18(17)21-19(23)12-13-20-28(26,27)16-10-8-15(9-11-16)22(24)25/h4-11,14,20H,3,12-13H2,1-2H3,(H,21,23). The van der Waals surface area contributed by atoms with Crippen molar-refractivity contribution >= 4 is 27.3 Å². The lowest BCUT2D eigenvalue weighted by Gasteiger charge is -2.15. The Kier molecular flexibility index (Phi) is 7.24. The number of carbonyl (C=O) groups is 1. The summed E-state index contributed by atoms with van der Waals surface area (Å²) in [5, 5.41) is 13.5. The van der Waals surface area contributed by atoms with Gasteiger partial charge in [0, 0.05) is 30.8 Å². The van der Waals surface area contributed by atoms with E-state index in [0.29, 0.717) is 0 Å². The zero-order chi connectivity index (χ0) is 20.7. The van der Waals surface area contributed by atoms with Gasteiger partial charge in [0.15, 0.2) is 0 Å². The summed E-state index contributed by atoms with van der Waals surface area (Å²) in [5.41, 5.74) is 1.56. The molecule has 2 rings (SSSR count). The van der Waals surface area contributed by atoms with Crippen molar-refractivity contribution in [2.24, 2.45) is 0 Å². The predicted molar refractivity (Wildman–Crippen MR) is 107 cm³/mol. The molecule has 8 nitrogen and oxygen atoms in total. The van der Waals surface area contributed by atoms with Crippen LogP contribution in [0.3, 0.4) is 0 Å². The van der Waals surface area contributed by atoms with E-state index in [1.807, 2.05) is 24.3 Å². The number of benzene rings is 2. The van der Waals surface area contributed by atoms with E-state index >= 15 is 0 Å². The lowest BCUT2D eigenvalue weighted by Crippen LogP contribution is -2.28. The van der Waals surface area contributed by atoms with Gasteiger partial charge in [0.05, 0.1) is 9.82 Å². The summed E-state index contributed by atoms with van der Waals surface area (Å²) in [6.45, 7) is 4.05. The largest absolute Gasteiger partial charge is 0.326 e. The van der Waals surface area contributed by atoms with Crippen LogP contribution in [0.5, 0.6) is 0 Å². The normalized spacial score (nSPS) is 12.4. The average Bonchev–Trinajstić information content (AvgIpc) is 2.67. The highest BCUT2D eigenvalue weighted by Gasteiger charge is 2.16. The topological polar surface area (TPSA) is 118 Å². The number of nitro benzene ring substituents is 1. The maximum Gasteiger partial charge on any atom is 0.269 e. The van der Waals surface area contributed by atoms with Gasteiger partial charge < -0.3 is 5.32 Å². The lowest BCUT2D eigenvalue weighted by molar-refractivity contribution is -0.384. The molecule has 0 spiro atoms. The van der Waals surface area contributed by atoms with Crippen LogP contribution in [0.4, 0.5) is 11.4 Å². The number of nitrogens with one attached hydrogen (secondary N) is 2. The van der Waals surface area contributed by atoms with Crippen LogP contribution >= 0.6 is 0 Å². The Morgan fingerprint density at radius 3 is 2.39 bits per heavy atom. The van der Waals surface area contributed by atoms with Crippen LogP contribution in [-0.4, -0.2) is 25.8 Å². The third-order valence-electron chi connectivity index (χ3n) is 4.38. The Morgan fingerprint density at radius 2 is 1.79 bits per heavy atom. The molecule has 0 aliphatic rings. The molecule has 0 radical (unpaired) electrons. The molecule has 28 heavy (non-hydrogen) atoms. The van der Waals surface area contributed by atoms with Crippen molar-refractivity contribution in [2.75, 3.05) is 11.9 Å². The van der Waals surface area contributed by atoms with Gasteiger partial charge in [-0.25, -0.2) is 13.1 Å². The minimum atomic E-state index is -3.85. The van der Waals surface area contributed by atoms with Crippen LogP contribution in [0, 0.1) is 10.1 Å². The SMILES string of the molecule is CCC(C)c1ccccc1NC(=O)CCNS(=O)(=O)c1ccc([N+](=O)[O-])cc1. The molecule has 0 fully saturated rings. The number of sulfonamides is 1. The maximum absolute atomic E-state index is 12.2. The molecule has 1 amide bonds. The van der Waals surface area contributed by atoms with Crippen LogP contribution in [-0.2, 0) is 14.8 Å². The molecule has 0 aliphatic carbocycles. The van der Waals surface area contributed by atoms with E-state index in [-0.39, 0.29) is 35.4 Å². The fourth-order valence-corrected chi connectivity index (χ4v) is 3.63. The van der Waals surface area contributed by atoms with Crippen LogP contribution in [0.15, 0.2) is 53.4 Å². The Bertz CT molecular complexity index is 942. The lowest BCUT2D eigenvalue weighted by atomic mass is 9.97. The third-order valence-corrected chi connectivity index (χ3v) is 5.86. The second-order valence-corrected chi connectivity index (χ2v) is 8.11. The van der Waals surface area contributed by atoms with Crippen LogP contribution in [0.1, 0.15) is 38.2 Å². The van der Waals surface area contributed by atoms with Gasteiger partial charge in [-0.15, -0.1) is 0 Å². The average molecular weight is 405 g/mol. The molecule has 1 atom stereocenters. The first-order valence-corrected chi connectivity index (χ1v) is 10.4. The molecule has 0 aromatic heterocycles. The van der Waals surface area contributed by atoms with E-state index in [2.05, 4.69) is 23.9 Å². The fourth-order valence-electron chi connectivity index (χ4n) is 2.60. The highest BCUT2D eigenvalue weighted by Crippen LogP contribution is 2.26. The minimum Gasteiger partial charge on any atom is -0.326 e. The van der Waals surface area contributed by atoms with E-state index in [1.54, 1.807) is 0 Å². The number of rotatable bonds is 9. The van der Waals surface area contributed by atoms with Crippen LogP contribution < -0.4 is 10.0 Å². The Hall–Kier alpha value is -2.78. The number of hydrogen-bond donors (Lipinski definition) is 2. The number of amides is 1. The first-order chi connectivity index (χ1) is 13.2. The number of nitrogens with zero attached hydrogens (tertiary/aromatic N) is 1. The fraction of sp³-hybridized carbons (Fsp3) is 0.316. The number of anilines is 1. The van der Waals surface area contributed by atoms with E-state index in [9.17, 15) is 23.3 Å². The molecule has 2 aromatic carbocycles. The van der Waals surface area contributed by atoms with Gasteiger partial charge in [-0.3, -0.25) is 14.9 Å². The van der Waals surface area contributed by atoms with E-state index in [0.717, 1.165) is 41.9 Å². The second kappa shape index (κ2) is 9.43. The summed E-state index contributed by atoms with van der Waals surface area (Å²) >= 11 is 0. The molecule has 1 unspecified atom stereocenters. The van der Waals surface area contributed by atoms with Crippen molar-refractivity contribution in [3.63, 3.8) is 0 Å². The molecule has 9 heteroatoms. The van der Waals surface area contributed by atoms with E-state index in [1.165, 1.54) is 0 Å². The first kappa shape index (κ1) is 21.5. The van der Waals surface area contributed by atoms with Gasteiger partial charge in [-0.2, -0.15) is 0 Å². The quantitative estimate of drug-likeness (QED) is 0.489. The second-order valence-electron chi connectivity index (χ2n) is 6.34. The smallest absolute Gasteiger partial charge is 0.269 e. The third kappa shape index (κ3) is 5.61. The molecule has 2 aromatic rings. The summed E-state index contributed by atoms with van der Waals surface area (Å²) in [5.74, 6) is -0.0145. The summed E-state index contributed by atoms with van der Waals surface area (Å²) in [6, 6.07) is 12.1. The molecule has 150 valence electrons. The maximum atomic E-state index is 12.2. The number of para-hydroxylation sites is 1. The monoisotopic (exact) mass is 405 g/mol. The molecule has 0 saturated heterocycles. The zero-order valence-electron chi connectivity index (χ0n) is 15.7. The number of hydrogen-bond acceptors (Lipinski definition) is 5. The van der Waals surface area contributed by atoms with Gasteiger partial charge in [0.1, 0.15) is 0 Å². The summed E-state index contributed by atoms with van der Waals surface area (Å²) in [7, 11) is -3.85. The van der Waals surface area contributed by atoms with Gasteiger partial charge >= 0.3 is 0 Å². The highest BCUT2D eigenvalue weighted by atomic mass is 32.2. The minimum absolute atomic E-state index is 0.0406. The molecule has 2 N–H and O–H groups in total. The van der Waals surface area contributed by atoms with E-state index in [4.69, 9.17) is 0 Å². The Labute approximate surface area is 164 Å². The number of non-ortho nitro benzene ring substituents is 1. The van der Waals surface area contributed by atoms with Gasteiger partial charge in [0.2, 0.25) is 15.9 Å². The molecule has 0 heterocycles. The zero-order valence-corrected chi connectivity index (χ0v) is 16.5. The van der Waals surface area contributed by atoms with Gasteiger partial charge in [-0.1, -0.05) is 32.0 Å². The Balaban J connectivity index is 1.94. The van der Waals surface area contributed by atoms with Crippen molar-refractivity contribution in [1.29, 1.82) is 0 Å². The Morgan fingerprint density at radius 1 is 1.14 bits per heavy atom. The molecule has 0 aliphatic heterocycles. The molecular formula is C19H23N3O5S. The van der Waals surface area contributed by atoms with Crippen molar-refractivity contribution < 1.29 is 18.1 Å². The number of carbonyl (C=O) groups excluding carboxylic acids is 1. The van der Waals surface area contributed by atoms with E-state index < -0.39 is 14.9 Å². The van der Waals surface area contributed by atoms with Crippen molar-refractivity contribution in [3.05, 3.63) is 64.2 Å². The molecule has 0 saturated carbocycles. The number of nitro groups is 1. The van der Waals surface area contributed by atoms with Crippen LogP contribution in [0.2, 0.25) is 0 Å². The van der Waals surface area contributed by atoms with Gasteiger partial charge in [-0.05, 0) is 36.1 Å². The molecular weight excluding hydrogens is 382 g/mol. The highest BCUT2D eigenvalue weighted by molar-refractivity contribution is 7.89. The summed E-state index contributed by atoms with van der Waals surface area (Å²) in [4.78, 5) is 22.1. The first-order valence-electron chi connectivity index (χ1n) is 8.87.